The van der Waals surface area contributed by atoms with Gasteiger partial charge in [0.25, 0.3) is 0 Å². The van der Waals surface area contributed by atoms with Crippen LogP contribution in [0.1, 0.15) is 24.8 Å². The second kappa shape index (κ2) is 9.99. The van der Waals surface area contributed by atoms with E-state index in [-0.39, 0.29) is 48.2 Å². The van der Waals surface area contributed by atoms with Crippen LogP contribution in [0.15, 0.2) is 18.3 Å². The third-order valence-electron chi connectivity index (χ3n) is 4.71. The molecule has 0 spiro atoms. The van der Waals surface area contributed by atoms with E-state index >= 15 is 0 Å². The van der Waals surface area contributed by atoms with E-state index in [9.17, 15) is 13.2 Å². The van der Waals surface area contributed by atoms with Crippen molar-refractivity contribution >= 4 is 17.6 Å². The molecule has 0 aliphatic carbocycles. The molecule has 1 saturated heterocycles. The van der Waals surface area contributed by atoms with Crippen molar-refractivity contribution in [1.29, 1.82) is 0 Å². The van der Waals surface area contributed by atoms with Gasteiger partial charge in [0.15, 0.2) is 0 Å². The number of pyridine rings is 1. The van der Waals surface area contributed by atoms with Crippen LogP contribution in [0, 0.1) is 45.0 Å². The Morgan fingerprint density at radius 3 is 2.31 bits per heavy atom. The van der Waals surface area contributed by atoms with Crippen molar-refractivity contribution in [1.82, 2.24) is 15.0 Å². The molecule has 3 rings (SSSR count). The predicted molar refractivity (Wildman–Crippen MR) is 104 cm³/mol. The molecule has 1 aliphatic rings. The first-order valence-electron chi connectivity index (χ1n) is 9.14. The minimum absolute atomic E-state index is 0. The molecule has 1 fully saturated rings. The maximum atomic E-state index is 13.6. The number of nitrogens with two attached hydrogens (primary N) is 1. The van der Waals surface area contributed by atoms with Gasteiger partial charge in [0.05, 0.1) is 11.3 Å². The number of rotatable bonds is 5. The van der Waals surface area contributed by atoms with Gasteiger partial charge >= 0.3 is 37.3 Å². The molecule has 0 unspecified atom stereocenters. The molecule has 2 aromatic heterocycles. The van der Waals surface area contributed by atoms with E-state index in [2.05, 4.69) is 28.8 Å². The molecule has 0 amide bonds. The summed E-state index contributed by atoms with van der Waals surface area (Å²) in [6, 6.07) is 2.35. The minimum atomic E-state index is -4.58. The average Bonchev–Trinajstić information content (AvgIpc) is 2.69. The summed E-state index contributed by atoms with van der Waals surface area (Å²) in [5.41, 5.74) is 4.65. The number of nitrogen functional groups attached to an aromatic ring is 1. The zero-order valence-electron chi connectivity index (χ0n) is 16.0. The summed E-state index contributed by atoms with van der Waals surface area (Å²) in [5, 5.41) is 0. The smallest absolute Gasteiger partial charge is 0.416 e. The molecule has 3 heterocycles. The van der Waals surface area contributed by atoms with Crippen molar-refractivity contribution in [3.63, 3.8) is 0 Å². The van der Waals surface area contributed by atoms with E-state index in [1.807, 2.05) is 4.90 Å². The van der Waals surface area contributed by atoms with Crippen LogP contribution >= 0.6 is 0 Å². The number of alkyl halides is 3. The van der Waals surface area contributed by atoms with Crippen LogP contribution in [0.5, 0.6) is 0 Å². The van der Waals surface area contributed by atoms with Gasteiger partial charge in [-0.25, -0.2) is 9.97 Å². The first-order valence-corrected chi connectivity index (χ1v) is 9.14. The minimum Gasteiger partial charge on any atom is -0.416 e. The third-order valence-corrected chi connectivity index (χ3v) is 4.71. The molecule has 0 atom stereocenters. The maximum absolute atomic E-state index is 13.6. The molecule has 154 valence electrons. The molecule has 0 radical (unpaired) electrons. The van der Waals surface area contributed by atoms with E-state index in [0.717, 1.165) is 44.6 Å². The van der Waals surface area contributed by atoms with E-state index in [4.69, 9.17) is 5.73 Å². The van der Waals surface area contributed by atoms with Gasteiger partial charge in [-0.2, -0.15) is 18.2 Å². The monoisotopic (exact) mass is 630 g/mol. The summed E-state index contributed by atoms with van der Waals surface area (Å²) in [6.07, 6.45) is -0.361. The van der Waals surface area contributed by atoms with E-state index in [0.29, 0.717) is 24.9 Å². The zero-order chi connectivity index (χ0) is 20.3. The molecular formula is C19H23F3N6U. The topological polar surface area (TPSA) is 71.2 Å². The van der Waals surface area contributed by atoms with Crippen LogP contribution in [0.4, 0.5) is 30.8 Å². The SMILES string of the molecule is [CH2-]CN(C[CH2-])c1cc(-c2cnc(N)cc2C(F)(F)F)nc(N2CCCCC2)n1.[U+2]. The zero-order valence-corrected chi connectivity index (χ0v) is 20.2. The molecule has 10 heteroatoms. The number of aromatic nitrogens is 3. The Morgan fingerprint density at radius 2 is 1.72 bits per heavy atom. The van der Waals surface area contributed by atoms with Crippen molar-refractivity contribution in [3.8, 4) is 11.3 Å². The van der Waals surface area contributed by atoms with Crippen molar-refractivity contribution in [3.05, 3.63) is 37.7 Å². The van der Waals surface area contributed by atoms with Gasteiger partial charge in [-0.15, -0.1) is 13.1 Å². The predicted octanol–water partition coefficient (Wildman–Crippen LogP) is 3.60. The summed E-state index contributed by atoms with van der Waals surface area (Å²) in [7, 11) is 0. The fourth-order valence-corrected chi connectivity index (χ4v) is 3.21. The molecule has 1 aliphatic heterocycles. The van der Waals surface area contributed by atoms with Crippen LogP contribution in [0.25, 0.3) is 11.3 Å². The Morgan fingerprint density at radius 1 is 1.07 bits per heavy atom. The number of halogens is 3. The van der Waals surface area contributed by atoms with Crippen LogP contribution in [-0.4, -0.2) is 41.1 Å². The molecular weight excluding hydrogens is 607 g/mol. The Kier molecular flexibility index (Phi) is 8.18. The summed E-state index contributed by atoms with van der Waals surface area (Å²) in [5.74, 6) is 0.698. The van der Waals surface area contributed by atoms with Gasteiger partial charge < -0.3 is 29.4 Å². The maximum Gasteiger partial charge on any atom is 2.00 e. The summed E-state index contributed by atoms with van der Waals surface area (Å²) in [6.45, 7) is 9.99. The summed E-state index contributed by atoms with van der Waals surface area (Å²) < 4.78 is 40.8. The summed E-state index contributed by atoms with van der Waals surface area (Å²) >= 11 is 0. The van der Waals surface area contributed by atoms with Crippen LogP contribution in [0.2, 0.25) is 0 Å². The number of anilines is 3. The van der Waals surface area contributed by atoms with Crippen molar-refractivity contribution < 1.29 is 44.3 Å². The Bertz CT molecular complexity index is 820. The van der Waals surface area contributed by atoms with Gasteiger partial charge in [-0.1, -0.05) is 0 Å². The normalized spacial score (nSPS) is 14.4. The Labute approximate surface area is 192 Å². The average molecular weight is 630 g/mol. The third kappa shape index (κ3) is 5.54. The molecule has 2 N–H and O–H groups in total. The van der Waals surface area contributed by atoms with E-state index in [1.54, 1.807) is 4.90 Å². The fraction of sp³-hybridized carbons (Fsp3) is 0.421. The van der Waals surface area contributed by atoms with E-state index in [1.165, 1.54) is 6.07 Å². The van der Waals surface area contributed by atoms with Gasteiger partial charge in [0.1, 0.15) is 11.6 Å². The van der Waals surface area contributed by atoms with Crippen molar-refractivity contribution in [2.45, 2.75) is 25.4 Å². The van der Waals surface area contributed by atoms with Crippen LogP contribution in [-0.2, 0) is 6.18 Å². The van der Waals surface area contributed by atoms with Gasteiger partial charge in [-0.3, -0.25) is 0 Å². The summed E-state index contributed by atoms with van der Waals surface area (Å²) in [4.78, 5) is 16.6. The fourth-order valence-electron chi connectivity index (χ4n) is 3.21. The standard InChI is InChI=1S/C19H23F3N6.U/c1-3-27(4-2)17-11-15(25-18(26-17)28-8-6-5-7-9-28)13-12-24-16(23)10-14(13)19(20,21)22;/h10-12H,1-9H2,(H2,23,24);/q-2;+2. The molecule has 2 aromatic rings. The van der Waals surface area contributed by atoms with Crippen LogP contribution < -0.4 is 15.5 Å². The van der Waals surface area contributed by atoms with Gasteiger partial charge in [-0.05, 0) is 25.3 Å². The second-order valence-electron chi connectivity index (χ2n) is 6.60. The quantitative estimate of drug-likeness (QED) is 0.510. The first kappa shape index (κ1) is 23.7. The number of piperidine rings is 1. The van der Waals surface area contributed by atoms with Crippen molar-refractivity contribution in [2.75, 3.05) is 41.7 Å². The molecule has 0 aromatic carbocycles. The molecule has 0 bridgehead atoms. The largest absolute Gasteiger partial charge is 2.00 e. The van der Waals surface area contributed by atoms with Crippen LogP contribution in [0.3, 0.4) is 0 Å². The van der Waals surface area contributed by atoms with Crippen molar-refractivity contribution in [2.24, 2.45) is 0 Å². The number of nitrogens with zero attached hydrogens (tertiary/aromatic N) is 5. The number of hydrogen-bond acceptors (Lipinski definition) is 6. The first-order chi connectivity index (χ1) is 13.3. The van der Waals surface area contributed by atoms with E-state index < -0.39 is 11.7 Å². The van der Waals surface area contributed by atoms with Gasteiger partial charge in [0.2, 0.25) is 5.95 Å². The van der Waals surface area contributed by atoms with Gasteiger partial charge in [0, 0.05) is 30.9 Å². The molecule has 6 nitrogen and oxygen atoms in total. The number of hydrogen-bond donors (Lipinski definition) is 1. The molecule has 0 saturated carbocycles. The Hall–Kier alpha value is -1.53. The second-order valence-corrected chi connectivity index (χ2v) is 6.60. The Balaban J connectivity index is 0.00000300. The molecule has 29 heavy (non-hydrogen) atoms.